The third-order valence-electron chi connectivity index (χ3n) is 5.71. The van der Waals surface area contributed by atoms with Gasteiger partial charge in [0, 0.05) is 13.1 Å². The number of carbonyl (C=O) groups excluding carboxylic acids is 2. The van der Waals surface area contributed by atoms with Gasteiger partial charge in [-0.15, -0.1) is 0 Å². The number of hydrogen-bond acceptors (Lipinski definition) is 4. The number of hydrogen-bond donors (Lipinski definition) is 1. The molecule has 0 aliphatic carbocycles. The van der Waals surface area contributed by atoms with Crippen molar-refractivity contribution < 1.29 is 18.0 Å². The van der Waals surface area contributed by atoms with Crippen molar-refractivity contribution in [2.45, 2.75) is 53.6 Å². The van der Waals surface area contributed by atoms with Gasteiger partial charge in [0.05, 0.1) is 11.9 Å². The van der Waals surface area contributed by atoms with Gasteiger partial charge < -0.3 is 10.2 Å². The SMILES string of the molecule is CCCNC(=O)C(C)N(Cc1ccc(C)cc1)C(=O)CN(c1cccc(C)c1C)S(C)(=O)=O. The fourth-order valence-electron chi connectivity index (χ4n) is 3.47. The molecule has 0 aromatic heterocycles. The molecule has 1 atom stereocenters. The number of aryl methyl sites for hydroxylation is 2. The van der Waals surface area contributed by atoms with Gasteiger partial charge in [-0.2, -0.15) is 0 Å². The van der Waals surface area contributed by atoms with Gasteiger partial charge in [0.2, 0.25) is 21.8 Å². The lowest BCUT2D eigenvalue weighted by atomic mass is 10.1. The summed E-state index contributed by atoms with van der Waals surface area (Å²) in [7, 11) is -3.74. The number of carbonyl (C=O) groups is 2. The summed E-state index contributed by atoms with van der Waals surface area (Å²) in [4.78, 5) is 27.7. The molecular formula is C25H35N3O4S. The van der Waals surface area contributed by atoms with E-state index in [2.05, 4.69) is 5.32 Å². The Morgan fingerprint density at radius 2 is 1.67 bits per heavy atom. The lowest BCUT2D eigenvalue weighted by Crippen LogP contribution is -2.51. The second kappa shape index (κ2) is 11.3. The standard InChI is InChI=1S/C25H35N3O4S/c1-7-15-26-25(30)21(5)27(16-22-13-11-18(2)12-14-22)24(29)17-28(33(6,31)32)23-10-8-9-19(3)20(23)4/h8-14,21H,7,15-17H2,1-6H3,(H,26,30). The Morgan fingerprint density at radius 3 is 2.24 bits per heavy atom. The highest BCUT2D eigenvalue weighted by Gasteiger charge is 2.30. The van der Waals surface area contributed by atoms with Crippen LogP contribution in [-0.2, 0) is 26.2 Å². The van der Waals surface area contributed by atoms with Crippen LogP contribution in [-0.4, -0.2) is 50.5 Å². The van der Waals surface area contributed by atoms with E-state index in [0.29, 0.717) is 12.2 Å². The Kier molecular flexibility index (Phi) is 9.05. The van der Waals surface area contributed by atoms with E-state index >= 15 is 0 Å². The van der Waals surface area contributed by atoms with Gasteiger partial charge in [0.1, 0.15) is 12.6 Å². The van der Waals surface area contributed by atoms with E-state index in [4.69, 9.17) is 0 Å². The monoisotopic (exact) mass is 473 g/mol. The van der Waals surface area contributed by atoms with Crippen molar-refractivity contribution in [3.63, 3.8) is 0 Å². The molecule has 0 heterocycles. The number of rotatable bonds is 10. The van der Waals surface area contributed by atoms with Crippen molar-refractivity contribution in [2.24, 2.45) is 0 Å². The van der Waals surface area contributed by atoms with Crippen LogP contribution in [0.5, 0.6) is 0 Å². The van der Waals surface area contributed by atoms with Gasteiger partial charge in [-0.1, -0.05) is 48.9 Å². The average molecular weight is 474 g/mol. The van der Waals surface area contributed by atoms with Gasteiger partial charge in [-0.25, -0.2) is 8.42 Å². The molecule has 1 unspecified atom stereocenters. The molecule has 0 saturated carbocycles. The lowest BCUT2D eigenvalue weighted by molar-refractivity contribution is -0.139. The molecule has 2 aromatic rings. The minimum absolute atomic E-state index is 0.199. The molecule has 0 fully saturated rings. The summed E-state index contributed by atoms with van der Waals surface area (Å²) >= 11 is 0. The molecule has 2 rings (SSSR count). The van der Waals surface area contributed by atoms with Crippen molar-refractivity contribution in [3.05, 3.63) is 64.7 Å². The van der Waals surface area contributed by atoms with Crippen LogP contribution in [0.1, 0.15) is 42.5 Å². The first-order valence-electron chi connectivity index (χ1n) is 11.1. The summed E-state index contributed by atoms with van der Waals surface area (Å²) in [5.74, 6) is -0.712. The predicted octanol–water partition coefficient (Wildman–Crippen LogP) is 3.32. The zero-order valence-corrected chi connectivity index (χ0v) is 21.2. The first-order valence-corrected chi connectivity index (χ1v) is 13.0. The maximum atomic E-state index is 13.5. The minimum Gasteiger partial charge on any atom is -0.354 e. The van der Waals surface area contributed by atoms with E-state index < -0.39 is 22.0 Å². The highest BCUT2D eigenvalue weighted by Crippen LogP contribution is 2.25. The van der Waals surface area contributed by atoms with Crippen molar-refractivity contribution in [2.75, 3.05) is 23.7 Å². The highest BCUT2D eigenvalue weighted by atomic mass is 32.2. The molecule has 8 heteroatoms. The van der Waals surface area contributed by atoms with Crippen molar-refractivity contribution in [1.29, 1.82) is 0 Å². The quantitative estimate of drug-likeness (QED) is 0.574. The zero-order chi connectivity index (χ0) is 24.8. The summed E-state index contributed by atoms with van der Waals surface area (Å²) in [5, 5.41) is 2.83. The zero-order valence-electron chi connectivity index (χ0n) is 20.4. The van der Waals surface area contributed by atoms with Crippen LogP contribution in [0.15, 0.2) is 42.5 Å². The van der Waals surface area contributed by atoms with Crippen LogP contribution in [0.3, 0.4) is 0 Å². The maximum absolute atomic E-state index is 13.5. The van der Waals surface area contributed by atoms with E-state index in [-0.39, 0.29) is 19.0 Å². The van der Waals surface area contributed by atoms with Gasteiger partial charge in [0.15, 0.2) is 0 Å². The molecule has 0 spiro atoms. The van der Waals surface area contributed by atoms with Gasteiger partial charge in [0.25, 0.3) is 0 Å². The fourth-order valence-corrected chi connectivity index (χ4v) is 4.37. The molecular weight excluding hydrogens is 438 g/mol. The Labute approximate surface area is 197 Å². The van der Waals surface area contributed by atoms with Crippen molar-refractivity contribution >= 4 is 27.5 Å². The lowest BCUT2D eigenvalue weighted by Gasteiger charge is -2.32. The molecule has 0 bridgehead atoms. The molecule has 0 aliphatic heterocycles. The van der Waals surface area contributed by atoms with Gasteiger partial charge in [-0.3, -0.25) is 13.9 Å². The third-order valence-corrected chi connectivity index (χ3v) is 6.84. The summed E-state index contributed by atoms with van der Waals surface area (Å²) in [5.41, 5.74) is 4.13. The topological polar surface area (TPSA) is 86.8 Å². The average Bonchev–Trinajstić information content (AvgIpc) is 2.76. The Balaban J connectivity index is 2.40. The predicted molar refractivity (Wildman–Crippen MR) is 133 cm³/mol. The second-order valence-electron chi connectivity index (χ2n) is 8.46. The molecule has 0 radical (unpaired) electrons. The molecule has 2 aromatic carbocycles. The van der Waals surface area contributed by atoms with Gasteiger partial charge >= 0.3 is 0 Å². The number of benzene rings is 2. The van der Waals surface area contributed by atoms with Crippen molar-refractivity contribution in [1.82, 2.24) is 10.2 Å². The number of nitrogens with zero attached hydrogens (tertiary/aromatic N) is 2. The summed E-state index contributed by atoms with van der Waals surface area (Å²) < 4.78 is 26.5. The largest absolute Gasteiger partial charge is 0.354 e. The van der Waals surface area contributed by atoms with E-state index in [9.17, 15) is 18.0 Å². The number of anilines is 1. The Hall–Kier alpha value is -2.87. The summed E-state index contributed by atoms with van der Waals surface area (Å²) in [6.45, 7) is 9.64. The van der Waals surface area contributed by atoms with Crippen LogP contribution >= 0.6 is 0 Å². The second-order valence-corrected chi connectivity index (χ2v) is 10.4. The molecule has 0 aliphatic rings. The maximum Gasteiger partial charge on any atom is 0.244 e. The Morgan fingerprint density at radius 1 is 1.03 bits per heavy atom. The van der Waals surface area contributed by atoms with E-state index in [1.807, 2.05) is 58.0 Å². The first-order chi connectivity index (χ1) is 15.5. The van der Waals surface area contributed by atoms with E-state index in [1.165, 1.54) is 4.90 Å². The summed E-state index contributed by atoms with van der Waals surface area (Å²) in [6.07, 6.45) is 1.86. The van der Waals surface area contributed by atoms with Gasteiger partial charge in [-0.05, 0) is 56.9 Å². The fraction of sp³-hybridized carbons (Fsp3) is 0.440. The number of sulfonamides is 1. The summed E-state index contributed by atoms with van der Waals surface area (Å²) in [6, 6.07) is 12.3. The van der Waals surface area contributed by atoms with Crippen LogP contribution in [0, 0.1) is 20.8 Å². The third kappa shape index (κ3) is 7.05. The van der Waals surface area contributed by atoms with Crippen LogP contribution in [0.2, 0.25) is 0 Å². The van der Waals surface area contributed by atoms with Crippen LogP contribution in [0.4, 0.5) is 5.69 Å². The first kappa shape index (κ1) is 26.4. The molecule has 180 valence electrons. The Bertz CT molecular complexity index is 1080. The smallest absolute Gasteiger partial charge is 0.244 e. The number of amides is 2. The van der Waals surface area contributed by atoms with Crippen molar-refractivity contribution in [3.8, 4) is 0 Å². The van der Waals surface area contributed by atoms with Crippen LogP contribution < -0.4 is 9.62 Å². The highest BCUT2D eigenvalue weighted by molar-refractivity contribution is 7.92. The number of nitrogens with one attached hydrogen (secondary N) is 1. The molecule has 0 saturated heterocycles. The molecule has 2 amide bonds. The van der Waals surface area contributed by atoms with Crippen LogP contribution in [0.25, 0.3) is 0 Å². The normalized spacial score (nSPS) is 12.2. The molecule has 1 N–H and O–H groups in total. The molecule has 7 nitrogen and oxygen atoms in total. The minimum atomic E-state index is -3.74. The van der Waals surface area contributed by atoms with E-state index in [0.717, 1.165) is 39.2 Å². The van der Waals surface area contributed by atoms with E-state index in [1.54, 1.807) is 19.1 Å². The molecule has 33 heavy (non-hydrogen) atoms.